The quantitative estimate of drug-likeness (QED) is 0.664. The van der Waals surface area contributed by atoms with Crippen LogP contribution in [0.15, 0.2) is 48.5 Å². The standard InChI is InChI=1S/C18H13ClN2O2S/c19-17(23)12-9-16(22)21(10-12)13-7-5-11(6-8-13)18-20-14-3-1-2-4-15(14)24-18/h1-8,12H,9-10H2/t12-/m0/s1. The SMILES string of the molecule is O=C(Cl)[C@H]1CC(=O)N(c2ccc(-c3nc4ccccc4s3)cc2)C1. The molecule has 1 saturated heterocycles. The molecule has 1 aliphatic rings. The molecule has 0 spiro atoms. The number of benzene rings is 2. The van der Waals surface area contributed by atoms with Crippen molar-refractivity contribution >= 4 is 50.0 Å². The molecule has 4 nitrogen and oxygen atoms in total. The summed E-state index contributed by atoms with van der Waals surface area (Å²) in [6.07, 6.45) is 0.182. The van der Waals surface area contributed by atoms with Crippen LogP contribution in [0.4, 0.5) is 5.69 Å². The van der Waals surface area contributed by atoms with Crippen molar-refractivity contribution in [2.75, 3.05) is 11.4 Å². The van der Waals surface area contributed by atoms with E-state index in [-0.39, 0.29) is 12.3 Å². The van der Waals surface area contributed by atoms with Crippen LogP contribution in [0, 0.1) is 5.92 Å². The van der Waals surface area contributed by atoms with E-state index < -0.39 is 11.2 Å². The molecule has 0 bridgehead atoms. The van der Waals surface area contributed by atoms with Crippen LogP contribution in [0.1, 0.15) is 6.42 Å². The smallest absolute Gasteiger partial charge is 0.227 e. The summed E-state index contributed by atoms with van der Waals surface area (Å²) in [5.41, 5.74) is 2.78. The number of carbonyl (C=O) groups is 2. The molecule has 6 heteroatoms. The summed E-state index contributed by atoms with van der Waals surface area (Å²) in [5, 5.41) is 0.501. The van der Waals surface area contributed by atoms with Gasteiger partial charge in [-0.2, -0.15) is 0 Å². The lowest BCUT2D eigenvalue weighted by Crippen LogP contribution is -2.25. The summed E-state index contributed by atoms with van der Waals surface area (Å²) >= 11 is 7.16. The van der Waals surface area contributed by atoms with Crippen LogP contribution >= 0.6 is 22.9 Å². The van der Waals surface area contributed by atoms with Gasteiger partial charge in [-0.3, -0.25) is 9.59 Å². The number of fused-ring (bicyclic) bond motifs is 1. The van der Waals surface area contributed by atoms with Gasteiger partial charge in [0.05, 0.1) is 16.1 Å². The number of para-hydroxylation sites is 1. The van der Waals surface area contributed by atoms with Crippen molar-refractivity contribution < 1.29 is 9.59 Å². The van der Waals surface area contributed by atoms with E-state index in [1.807, 2.05) is 42.5 Å². The van der Waals surface area contributed by atoms with Crippen molar-refractivity contribution in [3.05, 3.63) is 48.5 Å². The molecule has 4 rings (SSSR count). The van der Waals surface area contributed by atoms with E-state index in [2.05, 4.69) is 11.1 Å². The third-order valence-corrected chi connectivity index (χ3v) is 5.56. The number of carbonyl (C=O) groups excluding carboxylic acids is 2. The van der Waals surface area contributed by atoms with Gasteiger partial charge in [-0.05, 0) is 48.0 Å². The molecular weight excluding hydrogens is 344 g/mol. The fraction of sp³-hybridized carbons (Fsp3) is 0.167. The molecule has 1 amide bonds. The van der Waals surface area contributed by atoms with Crippen molar-refractivity contribution in [2.24, 2.45) is 5.92 Å². The van der Waals surface area contributed by atoms with E-state index in [9.17, 15) is 9.59 Å². The minimum Gasteiger partial charge on any atom is -0.312 e. The maximum atomic E-state index is 12.1. The zero-order valence-electron chi connectivity index (χ0n) is 12.6. The molecule has 1 aliphatic heterocycles. The Morgan fingerprint density at radius 1 is 1.17 bits per heavy atom. The molecule has 120 valence electrons. The number of nitrogens with zero attached hydrogens (tertiary/aromatic N) is 2. The summed E-state index contributed by atoms with van der Waals surface area (Å²) in [6.45, 7) is 0.349. The first-order valence-corrected chi connectivity index (χ1v) is 8.77. The Kier molecular flexibility index (Phi) is 3.82. The second-order valence-electron chi connectivity index (χ2n) is 5.74. The van der Waals surface area contributed by atoms with Crippen molar-refractivity contribution in [3.63, 3.8) is 0 Å². The van der Waals surface area contributed by atoms with Crippen molar-refractivity contribution in [1.29, 1.82) is 0 Å². The van der Waals surface area contributed by atoms with Gasteiger partial charge in [-0.1, -0.05) is 12.1 Å². The molecule has 2 aromatic carbocycles. The third-order valence-electron chi connectivity index (χ3n) is 4.17. The number of aromatic nitrogens is 1. The summed E-state index contributed by atoms with van der Waals surface area (Å²) in [5.74, 6) is -0.482. The Morgan fingerprint density at radius 3 is 2.58 bits per heavy atom. The average molecular weight is 357 g/mol. The van der Waals surface area contributed by atoms with Crippen molar-refractivity contribution in [1.82, 2.24) is 4.98 Å². The first-order chi connectivity index (χ1) is 11.6. The van der Waals surface area contributed by atoms with Gasteiger partial charge < -0.3 is 4.90 Å². The molecule has 0 radical (unpaired) electrons. The van der Waals surface area contributed by atoms with E-state index in [1.165, 1.54) is 0 Å². The molecule has 1 fully saturated rings. The van der Waals surface area contributed by atoms with Crippen molar-refractivity contribution in [2.45, 2.75) is 6.42 Å². The number of amides is 1. The first kappa shape index (κ1) is 15.3. The van der Waals surface area contributed by atoms with Crippen LogP contribution in [0.5, 0.6) is 0 Å². The second kappa shape index (κ2) is 6.00. The zero-order valence-corrected chi connectivity index (χ0v) is 14.2. The molecule has 2 heterocycles. The molecule has 24 heavy (non-hydrogen) atoms. The van der Waals surface area contributed by atoms with Gasteiger partial charge in [0, 0.05) is 24.2 Å². The summed E-state index contributed by atoms with van der Waals surface area (Å²) in [6, 6.07) is 15.7. The molecule has 0 unspecified atom stereocenters. The lowest BCUT2D eigenvalue weighted by Gasteiger charge is -2.16. The second-order valence-corrected chi connectivity index (χ2v) is 7.15. The topological polar surface area (TPSA) is 50.3 Å². The van der Waals surface area contributed by atoms with Crippen LogP contribution in [-0.4, -0.2) is 22.7 Å². The first-order valence-electron chi connectivity index (χ1n) is 7.57. The predicted octanol–water partition coefficient (Wildman–Crippen LogP) is 4.08. The monoisotopic (exact) mass is 356 g/mol. The number of hydrogen-bond donors (Lipinski definition) is 0. The molecule has 0 saturated carbocycles. The molecule has 0 N–H and O–H groups in total. The van der Waals surface area contributed by atoms with Gasteiger partial charge in [0.1, 0.15) is 5.01 Å². The molecule has 1 atom stereocenters. The number of anilines is 1. The molecule has 3 aromatic rings. The summed E-state index contributed by atoms with van der Waals surface area (Å²) in [4.78, 5) is 29.6. The third kappa shape index (κ3) is 2.70. The highest BCUT2D eigenvalue weighted by Crippen LogP contribution is 2.32. The van der Waals surface area contributed by atoms with Gasteiger partial charge in [0.25, 0.3) is 0 Å². The zero-order chi connectivity index (χ0) is 16.7. The highest BCUT2D eigenvalue weighted by atomic mass is 35.5. The van der Waals surface area contributed by atoms with Gasteiger partial charge in [0.2, 0.25) is 11.1 Å². The van der Waals surface area contributed by atoms with Gasteiger partial charge in [-0.15, -0.1) is 11.3 Å². The van der Waals surface area contributed by atoms with E-state index in [4.69, 9.17) is 11.6 Å². The van der Waals surface area contributed by atoms with Crippen LogP contribution in [0.2, 0.25) is 0 Å². The average Bonchev–Trinajstić information content (AvgIpc) is 3.18. The molecule has 0 aliphatic carbocycles. The largest absolute Gasteiger partial charge is 0.312 e. The Balaban J connectivity index is 1.61. The highest BCUT2D eigenvalue weighted by Gasteiger charge is 2.34. The van der Waals surface area contributed by atoms with E-state index in [0.29, 0.717) is 6.54 Å². The van der Waals surface area contributed by atoms with E-state index in [0.717, 1.165) is 26.5 Å². The Morgan fingerprint density at radius 2 is 1.92 bits per heavy atom. The van der Waals surface area contributed by atoms with E-state index >= 15 is 0 Å². The van der Waals surface area contributed by atoms with Gasteiger partial charge in [0.15, 0.2) is 0 Å². The highest BCUT2D eigenvalue weighted by molar-refractivity contribution is 7.21. The van der Waals surface area contributed by atoms with Crippen LogP contribution in [-0.2, 0) is 9.59 Å². The van der Waals surface area contributed by atoms with Crippen LogP contribution < -0.4 is 4.90 Å². The lowest BCUT2D eigenvalue weighted by molar-refractivity contribution is -0.120. The summed E-state index contributed by atoms with van der Waals surface area (Å²) < 4.78 is 1.15. The molecule has 1 aromatic heterocycles. The normalized spacial score (nSPS) is 17.6. The maximum Gasteiger partial charge on any atom is 0.227 e. The number of halogens is 1. The molecular formula is C18H13ClN2O2S. The Hall–Kier alpha value is -2.24. The summed E-state index contributed by atoms with van der Waals surface area (Å²) in [7, 11) is 0. The van der Waals surface area contributed by atoms with E-state index in [1.54, 1.807) is 16.2 Å². The number of rotatable bonds is 3. The predicted molar refractivity (Wildman–Crippen MR) is 96.4 cm³/mol. The Labute approximate surface area is 147 Å². The van der Waals surface area contributed by atoms with Crippen LogP contribution in [0.25, 0.3) is 20.8 Å². The number of thiazole rings is 1. The fourth-order valence-corrected chi connectivity index (χ4v) is 4.01. The van der Waals surface area contributed by atoms with Gasteiger partial charge >= 0.3 is 0 Å². The minimum atomic E-state index is -0.447. The Bertz CT molecular complexity index is 903. The number of hydrogen-bond acceptors (Lipinski definition) is 4. The van der Waals surface area contributed by atoms with Crippen molar-refractivity contribution in [3.8, 4) is 10.6 Å². The fourth-order valence-electron chi connectivity index (χ4n) is 2.89. The maximum absolute atomic E-state index is 12.1. The minimum absolute atomic E-state index is 0.0678. The van der Waals surface area contributed by atoms with Crippen LogP contribution in [0.3, 0.4) is 0 Å². The van der Waals surface area contributed by atoms with Gasteiger partial charge in [-0.25, -0.2) is 4.98 Å². The lowest BCUT2D eigenvalue weighted by atomic mass is 10.1.